The Labute approximate surface area is 78.3 Å². The largest absolute Gasteiger partial charge is 0.298 e. The molecule has 6 heteroatoms. The number of hydrogen-bond donors (Lipinski definition) is 1. The van der Waals surface area contributed by atoms with Crippen LogP contribution in [0.1, 0.15) is 6.92 Å². The zero-order valence-electron chi connectivity index (χ0n) is 6.85. The van der Waals surface area contributed by atoms with Gasteiger partial charge in [0.2, 0.25) is 0 Å². The van der Waals surface area contributed by atoms with Gasteiger partial charge in [-0.2, -0.15) is 5.10 Å². The minimum Gasteiger partial charge on any atom is -0.298 e. The predicted molar refractivity (Wildman–Crippen MR) is 48.3 cm³/mol. The number of aromatic amines is 1. The number of aromatic nitrogens is 3. The molecule has 0 aliphatic carbocycles. The minimum atomic E-state index is -0.311. The number of hydrogen-bond acceptors (Lipinski definition) is 5. The third kappa shape index (κ3) is 3.66. The number of carbonyl (C=O) groups is 1. The Bertz CT molecular complexity index is 385. The fraction of sp³-hybridized carbons (Fsp3) is 0.143. The van der Waals surface area contributed by atoms with E-state index in [2.05, 4.69) is 15.2 Å². The molecule has 1 N–H and O–H groups in total. The Morgan fingerprint density at radius 2 is 2.46 bits per heavy atom. The molecule has 0 saturated carbocycles. The molecule has 1 heterocycles. The van der Waals surface area contributed by atoms with Crippen LogP contribution in [0.25, 0.3) is 0 Å². The lowest BCUT2D eigenvalue weighted by Crippen LogP contribution is -2.07. The fourth-order valence-corrected chi connectivity index (χ4v) is 1.19. The zero-order valence-corrected chi connectivity index (χ0v) is 7.67. The van der Waals surface area contributed by atoms with Crippen LogP contribution in [0, 0.1) is 0 Å². The van der Waals surface area contributed by atoms with Crippen LogP contribution in [0.4, 0.5) is 0 Å². The van der Waals surface area contributed by atoms with Gasteiger partial charge in [0.05, 0.1) is 0 Å². The minimum absolute atomic E-state index is 0.0567. The molecule has 0 aliphatic heterocycles. The summed E-state index contributed by atoms with van der Waals surface area (Å²) in [4.78, 5) is 23.7. The molecule has 0 radical (unpaired) electrons. The van der Waals surface area contributed by atoms with Gasteiger partial charge in [0.1, 0.15) is 6.20 Å². The molecule has 0 saturated heterocycles. The summed E-state index contributed by atoms with van der Waals surface area (Å²) in [5, 5.41) is 8.99. The normalized spacial score (nSPS) is 10.5. The van der Waals surface area contributed by atoms with Crippen molar-refractivity contribution < 1.29 is 4.79 Å². The lowest BCUT2D eigenvalue weighted by Gasteiger charge is -1.90. The van der Waals surface area contributed by atoms with Crippen LogP contribution in [0.15, 0.2) is 27.6 Å². The van der Waals surface area contributed by atoms with E-state index in [0.29, 0.717) is 5.16 Å². The quantitative estimate of drug-likeness (QED) is 0.559. The van der Waals surface area contributed by atoms with E-state index in [9.17, 15) is 9.59 Å². The Morgan fingerprint density at radius 1 is 1.69 bits per heavy atom. The summed E-state index contributed by atoms with van der Waals surface area (Å²) in [6.07, 6.45) is 2.47. The summed E-state index contributed by atoms with van der Waals surface area (Å²) in [6.45, 7) is 1.44. The van der Waals surface area contributed by atoms with Crippen LogP contribution in [0.5, 0.6) is 0 Å². The average Bonchev–Trinajstić information content (AvgIpc) is 2.03. The molecule has 0 fully saturated rings. The number of nitrogens with one attached hydrogen (secondary N) is 1. The van der Waals surface area contributed by atoms with Crippen molar-refractivity contribution in [2.75, 3.05) is 0 Å². The maximum atomic E-state index is 10.7. The van der Waals surface area contributed by atoms with Gasteiger partial charge in [-0.1, -0.05) is 11.8 Å². The molecular weight excluding hydrogens is 190 g/mol. The van der Waals surface area contributed by atoms with Crippen LogP contribution in [0.2, 0.25) is 0 Å². The second-order valence-corrected chi connectivity index (χ2v) is 3.06. The van der Waals surface area contributed by atoms with Crippen molar-refractivity contribution in [2.24, 2.45) is 0 Å². The number of rotatable bonds is 3. The van der Waals surface area contributed by atoms with Gasteiger partial charge < -0.3 is 0 Å². The van der Waals surface area contributed by atoms with E-state index in [1.54, 1.807) is 5.41 Å². The molecule has 0 bridgehead atoms. The Morgan fingerprint density at radius 3 is 3.08 bits per heavy atom. The van der Waals surface area contributed by atoms with E-state index in [1.807, 2.05) is 0 Å². The molecule has 0 aliphatic rings. The van der Waals surface area contributed by atoms with Crippen molar-refractivity contribution in [2.45, 2.75) is 12.1 Å². The van der Waals surface area contributed by atoms with Crippen molar-refractivity contribution in [3.05, 3.63) is 28.0 Å². The number of allylic oxidation sites excluding steroid dienone is 1. The average molecular weight is 197 g/mol. The van der Waals surface area contributed by atoms with Gasteiger partial charge in [-0.3, -0.25) is 14.6 Å². The molecule has 0 amide bonds. The van der Waals surface area contributed by atoms with E-state index in [-0.39, 0.29) is 11.3 Å². The molecule has 1 aromatic heterocycles. The Kier molecular flexibility index (Phi) is 3.39. The monoisotopic (exact) mass is 197 g/mol. The summed E-state index contributed by atoms with van der Waals surface area (Å²) in [5.41, 5.74) is -0.311. The van der Waals surface area contributed by atoms with Crippen LogP contribution in [0.3, 0.4) is 0 Å². The highest BCUT2D eigenvalue weighted by atomic mass is 32.2. The summed E-state index contributed by atoms with van der Waals surface area (Å²) < 4.78 is 0. The lowest BCUT2D eigenvalue weighted by atomic mass is 10.5. The molecule has 0 spiro atoms. The molecule has 0 atom stereocenters. The number of nitrogens with zero attached hydrogens (tertiary/aromatic N) is 2. The van der Waals surface area contributed by atoms with Crippen LogP contribution in [-0.4, -0.2) is 21.0 Å². The Balaban J connectivity index is 2.65. The second-order valence-electron chi connectivity index (χ2n) is 2.17. The summed E-state index contributed by atoms with van der Waals surface area (Å²) in [6, 6.07) is 0. The predicted octanol–water partition coefficient (Wildman–Crippen LogP) is 0.360. The van der Waals surface area contributed by atoms with Gasteiger partial charge in [0.25, 0.3) is 5.56 Å². The third-order valence-electron chi connectivity index (χ3n) is 1.04. The maximum Gasteiger partial charge on any atom is 0.270 e. The van der Waals surface area contributed by atoms with Gasteiger partial charge in [-0.05, 0) is 18.4 Å². The topological polar surface area (TPSA) is 75.7 Å². The van der Waals surface area contributed by atoms with E-state index in [0.717, 1.165) is 18.0 Å². The number of carbonyl (C=O) groups excluding carboxylic acids is 1. The molecule has 68 valence electrons. The smallest absolute Gasteiger partial charge is 0.270 e. The van der Waals surface area contributed by atoms with Crippen LogP contribution >= 0.6 is 11.8 Å². The Hall–Kier alpha value is -1.43. The summed E-state index contributed by atoms with van der Waals surface area (Å²) in [7, 11) is 0. The van der Waals surface area contributed by atoms with Gasteiger partial charge in [0.15, 0.2) is 10.9 Å². The summed E-state index contributed by atoms with van der Waals surface area (Å²) >= 11 is 1.13. The standard InChI is InChI=1S/C7H7N3O2S/c1-5(11)2-3-13-7-9-6(12)4-8-10-7/h2-4H,1H3,(H,9,10,12). The highest BCUT2D eigenvalue weighted by Crippen LogP contribution is 2.09. The van der Waals surface area contributed by atoms with E-state index >= 15 is 0 Å². The van der Waals surface area contributed by atoms with E-state index in [1.165, 1.54) is 13.0 Å². The van der Waals surface area contributed by atoms with E-state index < -0.39 is 0 Å². The third-order valence-corrected chi connectivity index (χ3v) is 1.72. The first-order valence-corrected chi connectivity index (χ1v) is 4.32. The van der Waals surface area contributed by atoms with Crippen molar-refractivity contribution in [1.82, 2.24) is 15.2 Å². The molecule has 0 unspecified atom stereocenters. The highest BCUT2D eigenvalue weighted by Gasteiger charge is 1.93. The van der Waals surface area contributed by atoms with E-state index in [4.69, 9.17) is 0 Å². The fourth-order valence-electron chi connectivity index (χ4n) is 0.544. The first kappa shape index (κ1) is 9.66. The molecule has 5 nitrogen and oxygen atoms in total. The zero-order chi connectivity index (χ0) is 9.68. The van der Waals surface area contributed by atoms with Gasteiger partial charge >= 0.3 is 0 Å². The van der Waals surface area contributed by atoms with Gasteiger partial charge in [0, 0.05) is 0 Å². The van der Waals surface area contributed by atoms with Crippen molar-refractivity contribution in [3.63, 3.8) is 0 Å². The molecular formula is C7H7N3O2S. The first-order chi connectivity index (χ1) is 6.18. The van der Waals surface area contributed by atoms with Gasteiger partial charge in [-0.15, -0.1) is 5.10 Å². The van der Waals surface area contributed by atoms with Crippen LogP contribution < -0.4 is 5.56 Å². The number of ketones is 1. The second kappa shape index (κ2) is 4.56. The van der Waals surface area contributed by atoms with Crippen LogP contribution in [-0.2, 0) is 4.79 Å². The molecule has 0 aromatic carbocycles. The molecule has 1 rings (SSSR count). The first-order valence-electron chi connectivity index (χ1n) is 3.44. The number of H-pyrrole nitrogens is 1. The SMILES string of the molecule is CC(=O)C=CSc1nncc(=O)[nH]1. The highest BCUT2D eigenvalue weighted by molar-refractivity contribution is 8.02. The van der Waals surface area contributed by atoms with Crippen molar-refractivity contribution in [3.8, 4) is 0 Å². The maximum absolute atomic E-state index is 10.7. The summed E-state index contributed by atoms with van der Waals surface area (Å²) in [5.74, 6) is -0.0567. The van der Waals surface area contributed by atoms with Crippen molar-refractivity contribution in [1.29, 1.82) is 0 Å². The lowest BCUT2D eigenvalue weighted by molar-refractivity contribution is -0.112. The van der Waals surface area contributed by atoms with Crippen molar-refractivity contribution >= 4 is 17.5 Å². The molecule has 1 aromatic rings. The molecule has 13 heavy (non-hydrogen) atoms. The van der Waals surface area contributed by atoms with Gasteiger partial charge in [-0.25, -0.2) is 0 Å². The number of thioether (sulfide) groups is 1.